The maximum Gasteiger partial charge on any atom is 0.261 e. The van der Waals surface area contributed by atoms with Crippen LogP contribution in [-0.2, 0) is 10.0 Å². The number of hydrogen-bond donors (Lipinski definition) is 2. The molecule has 2 aromatic rings. The highest BCUT2D eigenvalue weighted by Crippen LogP contribution is 2.26. The van der Waals surface area contributed by atoms with Crippen LogP contribution in [0.4, 0.5) is 5.69 Å². The van der Waals surface area contributed by atoms with Crippen molar-refractivity contribution < 1.29 is 8.42 Å². The van der Waals surface area contributed by atoms with Gasteiger partial charge in [-0.1, -0.05) is 34.1 Å². The summed E-state index contributed by atoms with van der Waals surface area (Å²) in [6.07, 6.45) is 0. The highest BCUT2D eigenvalue weighted by Gasteiger charge is 2.16. The molecule has 0 spiro atoms. The molecule has 0 amide bonds. The fourth-order valence-corrected chi connectivity index (χ4v) is 3.36. The second-order valence-corrected chi connectivity index (χ2v) is 7.41. The van der Waals surface area contributed by atoms with Crippen molar-refractivity contribution in [2.24, 2.45) is 5.73 Å². The van der Waals surface area contributed by atoms with Crippen LogP contribution in [0.1, 0.15) is 24.1 Å². The van der Waals surface area contributed by atoms with Crippen molar-refractivity contribution in [3.63, 3.8) is 0 Å². The largest absolute Gasteiger partial charge is 0.324 e. The smallest absolute Gasteiger partial charge is 0.261 e. The molecule has 0 saturated carbocycles. The zero-order chi connectivity index (χ0) is 15.6. The number of benzene rings is 2. The van der Waals surface area contributed by atoms with E-state index in [0.717, 1.165) is 15.6 Å². The molecule has 0 fully saturated rings. The van der Waals surface area contributed by atoms with Crippen molar-refractivity contribution >= 4 is 31.6 Å². The molecule has 0 radical (unpaired) electrons. The first-order chi connectivity index (χ1) is 9.81. The Morgan fingerprint density at radius 1 is 1.14 bits per heavy atom. The van der Waals surface area contributed by atoms with E-state index in [4.69, 9.17) is 5.73 Å². The molecule has 0 aliphatic rings. The molecule has 112 valence electrons. The Kier molecular flexibility index (Phi) is 4.70. The Morgan fingerprint density at radius 3 is 2.33 bits per heavy atom. The van der Waals surface area contributed by atoms with Gasteiger partial charge in [-0.3, -0.25) is 4.72 Å². The summed E-state index contributed by atoms with van der Waals surface area (Å²) in [6.45, 7) is 3.70. The molecule has 4 nitrogen and oxygen atoms in total. The van der Waals surface area contributed by atoms with Crippen molar-refractivity contribution in [1.29, 1.82) is 0 Å². The van der Waals surface area contributed by atoms with Gasteiger partial charge in [0.2, 0.25) is 0 Å². The van der Waals surface area contributed by atoms with E-state index in [2.05, 4.69) is 20.7 Å². The molecule has 0 aromatic heterocycles. The maximum absolute atomic E-state index is 12.4. The van der Waals surface area contributed by atoms with Gasteiger partial charge in [-0.05, 0) is 49.2 Å². The van der Waals surface area contributed by atoms with Crippen LogP contribution in [0.3, 0.4) is 0 Å². The first kappa shape index (κ1) is 16.0. The molecule has 21 heavy (non-hydrogen) atoms. The first-order valence-corrected chi connectivity index (χ1v) is 8.72. The highest BCUT2D eigenvalue weighted by atomic mass is 79.9. The SMILES string of the molecule is Cc1c(Br)cccc1NS(=O)(=O)c1ccc(C(C)N)cc1. The number of nitrogens with one attached hydrogen (secondary N) is 1. The van der Waals surface area contributed by atoms with Gasteiger partial charge in [0.15, 0.2) is 0 Å². The molecule has 0 saturated heterocycles. The monoisotopic (exact) mass is 368 g/mol. The lowest BCUT2D eigenvalue weighted by Gasteiger charge is -2.12. The van der Waals surface area contributed by atoms with Crippen molar-refractivity contribution in [2.75, 3.05) is 4.72 Å². The van der Waals surface area contributed by atoms with Crippen LogP contribution >= 0.6 is 15.9 Å². The molecule has 0 heterocycles. The minimum Gasteiger partial charge on any atom is -0.324 e. The van der Waals surface area contributed by atoms with E-state index in [1.807, 2.05) is 19.9 Å². The van der Waals surface area contributed by atoms with Crippen molar-refractivity contribution in [1.82, 2.24) is 0 Å². The van der Waals surface area contributed by atoms with E-state index >= 15 is 0 Å². The summed E-state index contributed by atoms with van der Waals surface area (Å²) in [4.78, 5) is 0.214. The molecule has 2 rings (SSSR count). The molecule has 0 aliphatic heterocycles. The third-order valence-electron chi connectivity index (χ3n) is 3.23. The van der Waals surface area contributed by atoms with Gasteiger partial charge in [0.1, 0.15) is 0 Å². The number of hydrogen-bond acceptors (Lipinski definition) is 3. The lowest BCUT2D eigenvalue weighted by Crippen LogP contribution is -2.14. The quantitative estimate of drug-likeness (QED) is 0.865. The predicted octanol–water partition coefficient (Wildman–Crippen LogP) is 3.58. The Morgan fingerprint density at radius 2 is 1.76 bits per heavy atom. The molecular formula is C15H17BrN2O2S. The molecule has 0 aliphatic carbocycles. The van der Waals surface area contributed by atoms with Crippen LogP contribution < -0.4 is 10.5 Å². The zero-order valence-corrected chi connectivity index (χ0v) is 14.2. The Balaban J connectivity index is 2.32. The van der Waals surface area contributed by atoms with E-state index in [1.165, 1.54) is 0 Å². The Labute approximate surface area is 133 Å². The second kappa shape index (κ2) is 6.17. The van der Waals surface area contributed by atoms with Crippen LogP contribution in [-0.4, -0.2) is 8.42 Å². The van der Waals surface area contributed by atoms with E-state index in [9.17, 15) is 8.42 Å². The number of rotatable bonds is 4. The normalized spacial score (nSPS) is 13.0. The second-order valence-electron chi connectivity index (χ2n) is 4.88. The van der Waals surface area contributed by atoms with E-state index < -0.39 is 10.0 Å². The highest BCUT2D eigenvalue weighted by molar-refractivity contribution is 9.10. The molecule has 6 heteroatoms. The van der Waals surface area contributed by atoms with Gasteiger partial charge in [-0.25, -0.2) is 8.42 Å². The minimum atomic E-state index is -3.61. The van der Waals surface area contributed by atoms with Gasteiger partial charge in [-0.2, -0.15) is 0 Å². The summed E-state index contributed by atoms with van der Waals surface area (Å²) >= 11 is 3.39. The van der Waals surface area contributed by atoms with Crippen LogP contribution in [0.5, 0.6) is 0 Å². The van der Waals surface area contributed by atoms with Crippen molar-refractivity contribution in [2.45, 2.75) is 24.8 Å². The van der Waals surface area contributed by atoms with Crippen LogP contribution in [0.15, 0.2) is 51.8 Å². The number of halogens is 1. The minimum absolute atomic E-state index is 0.123. The number of anilines is 1. The third-order valence-corrected chi connectivity index (χ3v) is 5.47. The van der Waals surface area contributed by atoms with Crippen LogP contribution in [0.25, 0.3) is 0 Å². The summed E-state index contributed by atoms with van der Waals surface area (Å²) < 4.78 is 28.2. The molecule has 0 bridgehead atoms. The van der Waals surface area contributed by atoms with Gasteiger partial charge in [-0.15, -0.1) is 0 Å². The summed E-state index contributed by atoms with van der Waals surface area (Å²) in [7, 11) is -3.61. The van der Waals surface area contributed by atoms with Crippen molar-refractivity contribution in [3.05, 3.63) is 58.1 Å². The fourth-order valence-electron chi connectivity index (χ4n) is 1.87. The molecule has 1 unspecified atom stereocenters. The van der Waals surface area contributed by atoms with E-state index in [0.29, 0.717) is 5.69 Å². The standard InChI is InChI=1S/C15H17BrN2O2S/c1-10-14(16)4-3-5-15(10)18-21(19,20)13-8-6-12(7-9-13)11(2)17/h3-9,11,18H,17H2,1-2H3. The van der Waals surface area contributed by atoms with Gasteiger partial charge in [0.25, 0.3) is 10.0 Å². The summed E-state index contributed by atoms with van der Waals surface area (Å²) in [5.41, 5.74) is 8.06. The van der Waals surface area contributed by atoms with Gasteiger partial charge in [0, 0.05) is 10.5 Å². The predicted molar refractivity (Wildman–Crippen MR) is 88.7 cm³/mol. The summed E-state index contributed by atoms with van der Waals surface area (Å²) in [6, 6.07) is 11.8. The lowest BCUT2D eigenvalue weighted by molar-refractivity contribution is 0.601. The van der Waals surface area contributed by atoms with E-state index in [1.54, 1.807) is 36.4 Å². The average molecular weight is 369 g/mol. The maximum atomic E-state index is 12.4. The molecular weight excluding hydrogens is 352 g/mol. The third kappa shape index (κ3) is 3.64. The molecule has 2 aromatic carbocycles. The zero-order valence-electron chi connectivity index (χ0n) is 11.8. The Bertz CT molecular complexity index is 741. The van der Waals surface area contributed by atoms with Gasteiger partial charge < -0.3 is 5.73 Å². The van der Waals surface area contributed by atoms with E-state index in [-0.39, 0.29) is 10.9 Å². The van der Waals surface area contributed by atoms with Gasteiger partial charge >= 0.3 is 0 Å². The molecule has 3 N–H and O–H groups in total. The fraction of sp³-hybridized carbons (Fsp3) is 0.200. The Hall–Kier alpha value is -1.37. The number of sulfonamides is 1. The lowest BCUT2D eigenvalue weighted by atomic mass is 10.1. The average Bonchev–Trinajstić information content (AvgIpc) is 2.44. The van der Waals surface area contributed by atoms with Crippen LogP contribution in [0.2, 0.25) is 0 Å². The summed E-state index contributed by atoms with van der Waals surface area (Å²) in [5.74, 6) is 0. The topological polar surface area (TPSA) is 72.2 Å². The molecule has 1 atom stereocenters. The van der Waals surface area contributed by atoms with Gasteiger partial charge in [0.05, 0.1) is 10.6 Å². The number of nitrogens with two attached hydrogens (primary N) is 1. The van der Waals surface area contributed by atoms with Crippen LogP contribution in [0, 0.1) is 6.92 Å². The van der Waals surface area contributed by atoms with Crippen molar-refractivity contribution in [3.8, 4) is 0 Å². The summed E-state index contributed by atoms with van der Waals surface area (Å²) in [5, 5.41) is 0. The first-order valence-electron chi connectivity index (χ1n) is 6.45.